The van der Waals surface area contributed by atoms with Crippen LogP contribution in [0.5, 0.6) is 0 Å². The van der Waals surface area contributed by atoms with Crippen molar-refractivity contribution in [1.29, 1.82) is 0 Å². The number of thiophene rings is 1. The van der Waals surface area contributed by atoms with Crippen LogP contribution in [0.1, 0.15) is 11.8 Å². The smallest absolute Gasteiger partial charge is 0.320 e. The molecular weight excluding hydrogens is 302 g/mol. The molecule has 0 atom stereocenters. The van der Waals surface area contributed by atoms with Crippen LogP contribution in [-0.4, -0.2) is 30.6 Å². The Kier molecular flexibility index (Phi) is 6.47. The van der Waals surface area contributed by atoms with Crippen LogP contribution in [0.3, 0.4) is 0 Å². The standard InChI is InChI=1S/C12H16BrNO2S/c1-3-7-14(9-12(15)16-4-2)8-10-5-6-11(13)17-10/h3,5-6H,1,4,7-9H2,2H3. The van der Waals surface area contributed by atoms with Gasteiger partial charge in [-0.2, -0.15) is 0 Å². The first-order valence-corrected chi connectivity index (χ1v) is 6.99. The zero-order valence-corrected chi connectivity index (χ0v) is 12.2. The number of esters is 1. The molecule has 0 spiro atoms. The van der Waals surface area contributed by atoms with Crippen molar-refractivity contribution in [3.05, 3.63) is 33.5 Å². The monoisotopic (exact) mass is 317 g/mol. The zero-order valence-electron chi connectivity index (χ0n) is 9.82. The van der Waals surface area contributed by atoms with E-state index in [1.807, 2.05) is 17.9 Å². The lowest BCUT2D eigenvalue weighted by atomic mass is 10.4. The second-order valence-corrected chi connectivity index (χ2v) is 6.02. The molecule has 0 unspecified atom stereocenters. The first kappa shape index (κ1) is 14.4. The summed E-state index contributed by atoms with van der Waals surface area (Å²) in [5, 5.41) is 0. The molecule has 17 heavy (non-hydrogen) atoms. The third-order valence-corrected chi connectivity index (χ3v) is 3.66. The van der Waals surface area contributed by atoms with Gasteiger partial charge in [-0.15, -0.1) is 17.9 Å². The molecule has 0 aliphatic carbocycles. The summed E-state index contributed by atoms with van der Waals surface area (Å²) in [5.41, 5.74) is 0. The van der Waals surface area contributed by atoms with Crippen molar-refractivity contribution in [2.75, 3.05) is 19.7 Å². The maximum absolute atomic E-state index is 11.4. The van der Waals surface area contributed by atoms with Gasteiger partial charge in [0.2, 0.25) is 0 Å². The van der Waals surface area contributed by atoms with Crippen molar-refractivity contribution in [3.63, 3.8) is 0 Å². The summed E-state index contributed by atoms with van der Waals surface area (Å²) >= 11 is 5.10. The van der Waals surface area contributed by atoms with Gasteiger partial charge < -0.3 is 4.74 Å². The molecule has 0 aliphatic rings. The van der Waals surface area contributed by atoms with Gasteiger partial charge in [0.25, 0.3) is 0 Å². The summed E-state index contributed by atoms with van der Waals surface area (Å²) < 4.78 is 6.04. The molecule has 0 amide bonds. The second kappa shape index (κ2) is 7.63. The molecule has 1 aromatic rings. The first-order valence-electron chi connectivity index (χ1n) is 5.38. The van der Waals surface area contributed by atoms with Crippen molar-refractivity contribution < 1.29 is 9.53 Å². The summed E-state index contributed by atoms with van der Waals surface area (Å²) in [5.74, 6) is -0.190. The van der Waals surface area contributed by atoms with E-state index in [1.165, 1.54) is 4.88 Å². The molecule has 3 nitrogen and oxygen atoms in total. The van der Waals surface area contributed by atoms with E-state index in [0.29, 0.717) is 19.7 Å². The topological polar surface area (TPSA) is 29.5 Å². The Morgan fingerprint density at radius 1 is 1.65 bits per heavy atom. The molecule has 0 saturated heterocycles. The average Bonchev–Trinajstić information content (AvgIpc) is 2.64. The number of halogens is 1. The maximum Gasteiger partial charge on any atom is 0.320 e. The predicted octanol–water partition coefficient (Wildman–Crippen LogP) is 3.06. The van der Waals surface area contributed by atoms with Crippen LogP contribution in [0.25, 0.3) is 0 Å². The number of carbonyl (C=O) groups excluding carboxylic acids is 1. The number of rotatable bonds is 7. The van der Waals surface area contributed by atoms with E-state index in [9.17, 15) is 4.79 Å². The fraction of sp³-hybridized carbons (Fsp3) is 0.417. The Morgan fingerprint density at radius 2 is 2.41 bits per heavy atom. The second-order valence-electron chi connectivity index (χ2n) is 3.47. The van der Waals surface area contributed by atoms with E-state index < -0.39 is 0 Å². The summed E-state index contributed by atoms with van der Waals surface area (Å²) in [4.78, 5) is 14.6. The fourth-order valence-corrected chi connectivity index (χ4v) is 2.94. The molecule has 0 saturated carbocycles. The minimum absolute atomic E-state index is 0.190. The summed E-state index contributed by atoms with van der Waals surface area (Å²) in [6.45, 7) is 7.65. The lowest BCUT2D eigenvalue weighted by Gasteiger charge is -2.18. The summed E-state index contributed by atoms with van der Waals surface area (Å²) in [6.07, 6.45) is 1.79. The first-order chi connectivity index (χ1) is 8.15. The highest BCUT2D eigenvalue weighted by Crippen LogP contribution is 2.23. The quantitative estimate of drug-likeness (QED) is 0.572. The normalized spacial score (nSPS) is 10.5. The Morgan fingerprint density at radius 3 is 2.94 bits per heavy atom. The maximum atomic E-state index is 11.4. The van der Waals surface area contributed by atoms with Gasteiger partial charge in [-0.25, -0.2) is 0 Å². The molecule has 1 aromatic heterocycles. The van der Waals surface area contributed by atoms with Crippen molar-refractivity contribution in [2.24, 2.45) is 0 Å². The van der Waals surface area contributed by atoms with E-state index in [1.54, 1.807) is 17.4 Å². The molecular formula is C12H16BrNO2S. The zero-order chi connectivity index (χ0) is 12.7. The lowest BCUT2D eigenvalue weighted by Crippen LogP contribution is -2.30. The van der Waals surface area contributed by atoms with Crippen LogP contribution in [0, 0.1) is 0 Å². The van der Waals surface area contributed by atoms with Crippen LogP contribution in [-0.2, 0) is 16.1 Å². The Labute approximate surface area is 114 Å². The summed E-state index contributed by atoms with van der Waals surface area (Å²) in [7, 11) is 0. The van der Waals surface area contributed by atoms with Crippen molar-refractivity contribution in [3.8, 4) is 0 Å². The third kappa shape index (κ3) is 5.48. The van der Waals surface area contributed by atoms with Crippen LogP contribution in [0.4, 0.5) is 0 Å². The van der Waals surface area contributed by atoms with Crippen LogP contribution in [0.15, 0.2) is 28.6 Å². The summed E-state index contributed by atoms with van der Waals surface area (Å²) in [6, 6.07) is 4.06. The third-order valence-electron chi connectivity index (χ3n) is 2.05. The average molecular weight is 318 g/mol. The van der Waals surface area contributed by atoms with E-state index in [2.05, 4.69) is 28.6 Å². The molecule has 0 radical (unpaired) electrons. The molecule has 1 heterocycles. The van der Waals surface area contributed by atoms with Crippen molar-refractivity contribution in [1.82, 2.24) is 4.90 Å². The van der Waals surface area contributed by atoms with Gasteiger partial charge in [-0.3, -0.25) is 9.69 Å². The van der Waals surface area contributed by atoms with E-state index in [-0.39, 0.29) is 5.97 Å². The fourth-order valence-electron chi connectivity index (χ4n) is 1.41. The van der Waals surface area contributed by atoms with Gasteiger partial charge in [0, 0.05) is 18.0 Å². The number of carbonyl (C=O) groups is 1. The van der Waals surface area contributed by atoms with Gasteiger partial charge in [0.15, 0.2) is 0 Å². The predicted molar refractivity (Wildman–Crippen MR) is 74.1 cm³/mol. The Bertz CT molecular complexity index is 378. The van der Waals surface area contributed by atoms with E-state index in [0.717, 1.165) is 10.3 Å². The number of hydrogen-bond donors (Lipinski definition) is 0. The number of nitrogens with zero attached hydrogens (tertiary/aromatic N) is 1. The molecule has 0 N–H and O–H groups in total. The molecule has 0 aliphatic heterocycles. The van der Waals surface area contributed by atoms with Gasteiger partial charge in [0.05, 0.1) is 16.9 Å². The molecule has 0 bridgehead atoms. The highest BCUT2D eigenvalue weighted by atomic mass is 79.9. The number of hydrogen-bond acceptors (Lipinski definition) is 4. The van der Waals surface area contributed by atoms with Crippen LogP contribution < -0.4 is 0 Å². The highest BCUT2D eigenvalue weighted by Gasteiger charge is 2.11. The van der Waals surface area contributed by atoms with Crippen LogP contribution in [0.2, 0.25) is 0 Å². The molecule has 5 heteroatoms. The molecule has 0 aromatic carbocycles. The minimum Gasteiger partial charge on any atom is -0.465 e. The minimum atomic E-state index is -0.190. The van der Waals surface area contributed by atoms with E-state index >= 15 is 0 Å². The largest absolute Gasteiger partial charge is 0.465 e. The van der Waals surface area contributed by atoms with Crippen molar-refractivity contribution in [2.45, 2.75) is 13.5 Å². The molecule has 0 fully saturated rings. The lowest BCUT2D eigenvalue weighted by molar-refractivity contribution is -0.144. The SMILES string of the molecule is C=CCN(CC(=O)OCC)Cc1ccc(Br)s1. The highest BCUT2D eigenvalue weighted by molar-refractivity contribution is 9.11. The van der Waals surface area contributed by atoms with Crippen LogP contribution >= 0.6 is 27.3 Å². The van der Waals surface area contributed by atoms with Gasteiger partial charge in [-0.05, 0) is 35.0 Å². The van der Waals surface area contributed by atoms with Gasteiger partial charge in [-0.1, -0.05) is 6.08 Å². The Balaban J connectivity index is 2.53. The van der Waals surface area contributed by atoms with Crippen molar-refractivity contribution >= 4 is 33.2 Å². The van der Waals surface area contributed by atoms with Gasteiger partial charge >= 0.3 is 5.97 Å². The molecule has 1 rings (SSSR count). The van der Waals surface area contributed by atoms with E-state index in [4.69, 9.17) is 4.74 Å². The van der Waals surface area contributed by atoms with Gasteiger partial charge in [0.1, 0.15) is 0 Å². The molecule has 94 valence electrons. The Hall–Kier alpha value is -0.650. The number of ether oxygens (including phenoxy) is 1.